The molecular weight excluding hydrogens is 266 g/mol. The monoisotopic (exact) mass is 289 g/mol. The molecule has 114 valence electrons. The van der Waals surface area contributed by atoms with Crippen LogP contribution in [0.4, 0.5) is 0 Å². The van der Waals surface area contributed by atoms with Crippen molar-refractivity contribution in [2.75, 3.05) is 0 Å². The number of amides is 1. The number of benzene rings is 1. The Bertz CT molecular complexity index is 487. The van der Waals surface area contributed by atoms with Crippen molar-refractivity contribution in [2.45, 2.75) is 51.5 Å². The predicted octanol–water partition coefficient (Wildman–Crippen LogP) is 3.47. The van der Waals surface area contributed by atoms with E-state index in [-0.39, 0.29) is 17.5 Å². The van der Waals surface area contributed by atoms with Crippen LogP contribution in [0.2, 0.25) is 0 Å². The van der Waals surface area contributed by atoms with E-state index in [2.05, 4.69) is 12.2 Å². The molecule has 4 heteroatoms. The Balaban J connectivity index is 1.86. The molecule has 0 bridgehead atoms. The van der Waals surface area contributed by atoms with Gasteiger partial charge in [0.2, 0.25) is 0 Å². The van der Waals surface area contributed by atoms with Crippen LogP contribution in [0.1, 0.15) is 66.2 Å². The lowest BCUT2D eigenvalue weighted by Crippen LogP contribution is -2.37. The maximum Gasteiger partial charge on any atom is 0.335 e. The van der Waals surface area contributed by atoms with Gasteiger partial charge >= 0.3 is 5.97 Å². The first-order valence-corrected chi connectivity index (χ1v) is 7.74. The number of carboxylic acid groups (broad SMARTS) is 1. The van der Waals surface area contributed by atoms with Gasteiger partial charge in [-0.05, 0) is 55.9 Å². The Morgan fingerprint density at radius 2 is 1.67 bits per heavy atom. The predicted molar refractivity (Wildman–Crippen MR) is 81.5 cm³/mol. The van der Waals surface area contributed by atoms with Crippen molar-refractivity contribution < 1.29 is 14.7 Å². The lowest BCUT2D eigenvalue weighted by molar-refractivity contribution is 0.0696. The van der Waals surface area contributed by atoms with Gasteiger partial charge in [-0.3, -0.25) is 4.79 Å². The number of carbonyl (C=O) groups is 2. The van der Waals surface area contributed by atoms with Gasteiger partial charge in [0.05, 0.1) is 5.56 Å². The van der Waals surface area contributed by atoms with Gasteiger partial charge in [-0.2, -0.15) is 0 Å². The Hall–Kier alpha value is -1.84. The van der Waals surface area contributed by atoms with Crippen LogP contribution in [-0.2, 0) is 0 Å². The topological polar surface area (TPSA) is 66.4 Å². The van der Waals surface area contributed by atoms with E-state index < -0.39 is 5.97 Å². The summed E-state index contributed by atoms with van der Waals surface area (Å²) in [6, 6.07) is 6.33. The van der Waals surface area contributed by atoms with E-state index in [9.17, 15) is 9.59 Å². The summed E-state index contributed by atoms with van der Waals surface area (Å²) in [7, 11) is 0. The molecule has 1 amide bonds. The van der Waals surface area contributed by atoms with Crippen molar-refractivity contribution in [1.29, 1.82) is 0 Å². The summed E-state index contributed by atoms with van der Waals surface area (Å²) >= 11 is 0. The van der Waals surface area contributed by atoms with E-state index in [1.165, 1.54) is 37.8 Å². The fourth-order valence-electron chi connectivity index (χ4n) is 3.04. The van der Waals surface area contributed by atoms with Crippen LogP contribution in [-0.4, -0.2) is 23.0 Å². The average molecular weight is 289 g/mol. The average Bonchev–Trinajstić information content (AvgIpc) is 2.49. The van der Waals surface area contributed by atoms with Crippen molar-refractivity contribution in [3.05, 3.63) is 35.4 Å². The van der Waals surface area contributed by atoms with Crippen LogP contribution in [0.15, 0.2) is 24.3 Å². The molecule has 1 saturated carbocycles. The minimum atomic E-state index is -0.976. The fraction of sp³-hybridized carbons (Fsp3) is 0.529. The van der Waals surface area contributed by atoms with Gasteiger partial charge in [-0.15, -0.1) is 0 Å². The number of hydrogen-bond donors (Lipinski definition) is 2. The first-order valence-electron chi connectivity index (χ1n) is 7.74. The molecule has 0 aliphatic heterocycles. The smallest absolute Gasteiger partial charge is 0.335 e. The molecule has 1 aliphatic rings. The molecular formula is C17H23NO3. The van der Waals surface area contributed by atoms with E-state index in [4.69, 9.17) is 5.11 Å². The SMILES string of the molecule is CCCC1CCC(NC(=O)c2ccc(C(=O)O)cc2)CC1. The number of nitrogens with one attached hydrogen (secondary N) is 1. The maximum absolute atomic E-state index is 12.1. The number of rotatable bonds is 5. The Kier molecular flexibility index (Phi) is 5.37. The van der Waals surface area contributed by atoms with Crippen molar-refractivity contribution in [3.63, 3.8) is 0 Å². The largest absolute Gasteiger partial charge is 0.478 e. The summed E-state index contributed by atoms with van der Waals surface area (Å²) in [5, 5.41) is 11.9. The third-order valence-electron chi connectivity index (χ3n) is 4.27. The van der Waals surface area contributed by atoms with E-state index >= 15 is 0 Å². The standard InChI is InChI=1S/C17H23NO3/c1-2-3-12-4-10-15(11-5-12)18-16(19)13-6-8-14(9-7-13)17(20)21/h6-9,12,15H,2-5,10-11H2,1H3,(H,18,19)(H,20,21). The Labute approximate surface area is 125 Å². The zero-order chi connectivity index (χ0) is 15.2. The van der Waals surface area contributed by atoms with Gasteiger partial charge < -0.3 is 10.4 Å². The number of carbonyl (C=O) groups excluding carboxylic acids is 1. The minimum Gasteiger partial charge on any atom is -0.478 e. The van der Waals surface area contributed by atoms with Crippen LogP contribution in [0.25, 0.3) is 0 Å². The lowest BCUT2D eigenvalue weighted by atomic mass is 9.83. The Morgan fingerprint density at radius 3 is 2.19 bits per heavy atom. The van der Waals surface area contributed by atoms with Gasteiger partial charge in [0.1, 0.15) is 0 Å². The molecule has 1 fully saturated rings. The summed E-state index contributed by atoms with van der Waals surface area (Å²) in [4.78, 5) is 22.9. The first-order chi connectivity index (χ1) is 10.1. The molecule has 2 rings (SSSR count). The summed E-state index contributed by atoms with van der Waals surface area (Å²) < 4.78 is 0. The maximum atomic E-state index is 12.1. The quantitative estimate of drug-likeness (QED) is 0.872. The molecule has 0 unspecified atom stereocenters. The molecule has 1 aliphatic carbocycles. The molecule has 0 atom stereocenters. The van der Waals surface area contributed by atoms with Crippen molar-refractivity contribution in [1.82, 2.24) is 5.32 Å². The molecule has 2 N–H and O–H groups in total. The third kappa shape index (κ3) is 4.31. The van der Waals surface area contributed by atoms with E-state index in [0.29, 0.717) is 5.56 Å². The minimum absolute atomic E-state index is 0.106. The molecule has 0 radical (unpaired) electrons. The number of carboxylic acids is 1. The van der Waals surface area contributed by atoms with Crippen molar-refractivity contribution in [3.8, 4) is 0 Å². The summed E-state index contributed by atoms with van der Waals surface area (Å²) in [6.07, 6.45) is 7.00. The van der Waals surface area contributed by atoms with Crippen LogP contribution < -0.4 is 5.32 Å². The van der Waals surface area contributed by atoms with Crippen LogP contribution in [0.5, 0.6) is 0 Å². The molecule has 0 heterocycles. The Morgan fingerprint density at radius 1 is 1.10 bits per heavy atom. The van der Waals surface area contributed by atoms with Crippen molar-refractivity contribution >= 4 is 11.9 Å². The normalized spacial score (nSPS) is 21.8. The van der Waals surface area contributed by atoms with Gasteiger partial charge in [-0.25, -0.2) is 4.79 Å². The van der Waals surface area contributed by atoms with E-state index in [1.807, 2.05) is 0 Å². The molecule has 0 aromatic heterocycles. The second kappa shape index (κ2) is 7.25. The molecule has 1 aromatic rings. The highest BCUT2D eigenvalue weighted by Crippen LogP contribution is 2.27. The third-order valence-corrected chi connectivity index (χ3v) is 4.27. The highest BCUT2D eigenvalue weighted by atomic mass is 16.4. The molecule has 0 saturated heterocycles. The molecule has 0 spiro atoms. The van der Waals surface area contributed by atoms with Gasteiger partial charge in [0.25, 0.3) is 5.91 Å². The summed E-state index contributed by atoms with van der Waals surface area (Å²) in [5.74, 6) is -0.264. The number of aromatic carboxylic acids is 1. The van der Waals surface area contributed by atoms with Crippen molar-refractivity contribution in [2.24, 2.45) is 5.92 Å². The zero-order valence-corrected chi connectivity index (χ0v) is 12.5. The first kappa shape index (κ1) is 15.5. The lowest BCUT2D eigenvalue weighted by Gasteiger charge is -2.29. The van der Waals surface area contributed by atoms with Gasteiger partial charge in [0, 0.05) is 11.6 Å². The van der Waals surface area contributed by atoms with E-state index in [1.54, 1.807) is 12.1 Å². The second-order valence-electron chi connectivity index (χ2n) is 5.86. The molecule has 4 nitrogen and oxygen atoms in total. The molecule has 1 aromatic carbocycles. The van der Waals surface area contributed by atoms with Gasteiger partial charge in [0.15, 0.2) is 0 Å². The zero-order valence-electron chi connectivity index (χ0n) is 12.5. The van der Waals surface area contributed by atoms with Gasteiger partial charge in [-0.1, -0.05) is 19.8 Å². The summed E-state index contributed by atoms with van der Waals surface area (Å²) in [5.41, 5.74) is 0.724. The van der Waals surface area contributed by atoms with Crippen LogP contribution in [0.3, 0.4) is 0 Å². The highest BCUT2D eigenvalue weighted by Gasteiger charge is 2.22. The second-order valence-corrected chi connectivity index (χ2v) is 5.86. The number of hydrogen-bond acceptors (Lipinski definition) is 2. The van der Waals surface area contributed by atoms with Crippen LogP contribution in [0, 0.1) is 5.92 Å². The highest BCUT2D eigenvalue weighted by molar-refractivity contribution is 5.96. The molecule has 21 heavy (non-hydrogen) atoms. The summed E-state index contributed by atoms with van der Waals surface area (Å²) in [6.45, 7) is 2.22. The fourth-order valence-corrected chi connectivity index (χ4v) is 3.04. The van der Waals surface area contributed by atoms with Crippen LogP contribution >= 0.6 is 0 Å². The van der Waals surface area contributed by atoms with E-state index in [0.717, 1.165) is 18.8 Å².